The van der Waals surface area contributed by atoms with Crippen molar-refractivity contribution in [3.05, 3.63) is 89.3 Å². The molecule has 1 saturated heterocycles. The normalized spacial score (nSPS) is 16.9. The average molecular weight is 475 g/mol. The number of Topliss-reactive ketones (excluding diaryl/α,β-unsaturated/α-hetero) is 1. The third-order valence-electron chi connectivity index (χ3n) is 5.81. The monoisotopic (exact) mass is 474 g/mol. The van der Waals surface area contributed by atoms with E-state index in [0.29, 0.717) is 35.0 Å². The van der Waals surface area contributed by atoms with Crippen LogP contribution < -0.4 is 14.2 Å². The van der Waals surface area contributed by atoms with Crippen LogP contribution in [-0.2, 0) is 16.1 Å². The second-order valence-corrected chi connectivity index (χ2v) is 7.85. The standard InChI is InChI=1S/C27H26N2O6/c1-4-35-20-8-5-18(6-9-20)24-23(25(30)19-7-10-21(33-2)22(15-19)34-3)26(31)27(32)29(24)16-17-11-13-28-14-12-17/h5-15,24,30H,4,16H2,1-3H3/t24-/m1/s1. The number of amides is 1. The summed E-state index contributed by atoms with van der Waals surface area (Å²) >= 11 is 0. The van der Waals surface area contributed by atoms with Crippen molar-refractivity contribution in [1.29, 1.82) is 0 Å². The number of aromatic nitrogens is 1. The first-order valence-corrected chi connectivity index (χ1v) is 11.1. The van der Waals surface area contributed by atoms with Crippen molar-refractivity contribution in [2.75, 3.05) is 20.8 Å². The first-order chi connectivity index (χ1) is 17.0. The molecule has 0 unspecified atom stereocenters. The Morgan fingerprint density at radius 1 is 0.971 bits per heavy atom. The number of benzene rings is 2. The van der Waals surface area contributed by atoms with Gasteiger partial charge in [0.2, 0.25) is 0 Å². The summed E-state index contributed by atoms with van der Waals surface area (Å²) in [4.78, 5) is 31.9. The molecular formula is C27H26N2O6. The molecule has 0 saturated carbocycles. The molecule has 0 spiro atoms. The molecule has 1 aromatic heterocycles. The second kappa shape index (κ2) is 10.3. The highest BCUT2D eigenvalue weighted by molar-refractivity contribution is 6.46. The Kier molecular flexibility index (Phi) is 7.01. The summed E-state index contributed by atoms with van der Waals surface area (Å²) in [5, 5.41) is 11.3. The summed E-state index contributed by atoms with van der Waals surface area (Å²) < 4.78 is 16.2. The number of rotatable bonds is 8. The Balaban J connectivity index is 1.84. The molecule has 2 heterocycles. The number of ketones is 1. The Bertz CT molecular complexity index is 1250. The van der Waals surface area contributed by atoms with Crippen molar-refractivity contribution >= 4 is 17.4 Å². The number of aliphatic hydroxyl groups is 1. The van der Waals surface area contributed by atoms with Crippen LogP contribution in [0.1, 0.15) is 29.7 Å². The van der Waals surface area contributed by atoms with E-state index in [2.05, 4.69) is 4.98 Å². The fourth-order valence-electron chi connectivity index (χ4n) is 4.13. The molecule has 0 radical (unpaired) electrons. The molecule has 1 amide bonds. The fourth-order valence-corrected chi connectivity index (χ4v) is 4.13. The lowest BCUT2D eigenvalue weighted by molar-refractivity contribution is -0.140. The second-order valence-electron chi connectivity index (χ2n) is 7.85. The maximum absolute atomic E-state index is 13.2. The molecule has 0 bridgehead atoms. The highest BCUT2D eigenvalue weighted by Crippen LogP contribution is 2.41. The highest BCUT2D eigenvalue weighted by Gasteiger charge is 2.46. The van der Waals surface area contributed by atoms with Crippen molar-refractivity contribution in [2.45, 2.75) is 19.5 Å². The number of nitrogens with zero attached hydrogens (tertiary/aromatic N) is 2. The van der Waals surface area contributed by atoms with Crippen LogP contribution in [0, 0.1) is 0 Å². The molecule has 8 heteroatoms. The molecule has 1 atom stereocenters. The number of pyridine rings is 1. The van der Waals surface area contributed by atoms with Gasteiger partial charge in [-0.25, -0.2) is 0 Å². The summed E-state index contributed by atoms with van der Waals surface area (Å²) in [6.07, 6.45) is 3.25. The zero-order valence-electron chi connectivity index (χ0n) is 19.7. The van der Waals surface area contributed by atoms with Crippen LogP contribution >= 0.6 is 0 Å². The van der Waals surface area contributed by atoms with Crippen LogP contribution in [-0.4, -0.2) is 47.5 Å². The van der Waals surface area contributed by atoms with Gasteiger partial charge in [-0.2, -0.15) is 0 Å². The molecule has 180 valence electrons. The lowest BCUT2D eigenvalue weighted by Crippen LogP contribution is -2.29. The minimum absolute atomic E-state index is 0.000404. The van der Waals surface area contributed by atoms with Gasteiger partial charge >= 0.3 is 0 Å². The van der Waals surface area contributed by atoms with Crippen molar-refractivity contribution in [3.63, 3.8) is 0 Å². The van der Waals surface area contributed by atoms with Gasteiger partial charge in [0.05, 0.1) is 32.4 Å². The lowest BCUT2D eigenvalue weighted by atomic mass is 9.95. The van der Waals surface area contributed by atoms with E-state index in [1.807, 2.05) is 6.92 Å². The molecule has 35 heavy (non-hydrogen) atoms. The lowest BCUT2D eigenvalue weighted by Gasteiger charge is -2.25. The topological polar surface area (TPSA) is 98.2 Å². The quantitative estimate of drug-likeness (QED) is 0.298. The Morgan fingerprint density at radius 3 is 2.29 bits per heavy atom. The molecule has 3 aromatic rings. The van der Waals surface area contributed by atoms with E-state index in [1.54, 1.807) is 67.0 Å². The molecular weight excluding hydrogens is 448 g/mol. The number of aliphatic hydroxyl groups excluding tert-OH is 1. The van der Waals surface area contributed by atoms with Gasteiger partial charge in [0.1, 0.15) is 11.5 Å². The van der Waals surface area contributed by atoms with Gasteiger partial charge in [0.15, 0.2) is 11.5 Å². The zero-order chi connectivity index (χ0) is 24.9. The van der Waals surface area contributed by atoms with Gasteiger partial charge in [0.25, 0.3) is 11.7 Å². The highest BCUT2D eigenvalue weighted by atomic mass is 16.5. The number of likely N-dealkylation sites (tertiary alicyclic amines) is 1. The van der Waals surface area contributed by atoms with Gasteiger partial charge in [-0.3, -0.25) is 14.6 Å². The average Bonchev–Trinajstić information content (AvgIpc) is 3.14. The van der Waals surface area contributed by atoms with Crippen molar-refractivity contribution in [3.8, 4) is 17.2 Å². The third-order valence-corrected chi connectivity index (χ3v) is 5.81. The molecule has 8 nitrogen and oxygen atoms in total. The van der Waals surface area contributed by atoms with Crippen LogP contribution in [0.25, 0.3) is 5.76 Å². The molecule has 1 fully saturated rings. The van der Waals surface area contributed by atoms with Crippen LogP contribution in [0.5, 0.6) is 17.2 Å². The van der Waals surface area contributed by atoms with E-state index in [-0.39, 0.29) is 17.9 Å². The summed E-state index contributed by atoms with van der Waals surface area (Å²) in [5.74, 6) is -0.207. The van der Waals surface area contributed by atoms with E-state index in [1.165, 1.54) is 19.1 Å². The van der Waals surface area contributed by atoms with E-state index in [9.17, 15) is 14.7 Å². The van der Waals surface area contributed by atoms with Crippen LogP contribution in [0.15, 0.2) is 72.6 Å². The number of methoxy groups -OCH3 is 2. The fraction of sp³-hybridized carbons (Fsp3) is 0.222. The van der Waals surface area contributed by atoms with Gasteiger partial charge in [-0.05, 0) is 60.5 Å². The van der Waals surface area contributed by atoms with E-state index in [0.717, 1.165) is 5.56 Å². The number of hydrogen-bond donors (Lipinski definition) is 1. The minimum atomic E-state index is -0.799. The molecule has 1 aliphatic rings. The first kappa shape index (κ1) is 23.8. The number of carbonyl (C=O) groups is 2. The molecule has 2 aromatic carbocycles. The van der Waals surface area contributed by atoms with Crippen molar-refractivity contribution in [1.82, 2.24) is 9.88 Å². The van der Waals surface area contributed by atoms with Gasteiger partial charge < -0.3 is 24.2 Å². The van der Waals surface area contributed by atoms with Crippen LogP contribution in [0.4, 0.5) is 0 Å². The molecule has 1 aliphatic heterocycles. The Morgan fingerprint density at radius 2 is 1.66 bits per heavy atom. The van der Waals surface area contributed by atoms with E-state index in [4.69, 9.17) is 14.2 Å². The van der Waals surface area contributed by atoms with E-state index < -0.39 is 17.7 Å². The van der Waals surface area contributed by atoms with Gasteiger partial charge in [-0.15, -0.1) is 0 Å². The van der Waals surface area contributed by atoms with Crippen molar-refractivity contribution < 1.29 is 28.9 Å². The number of hydrogen-bond acceptors (Lipinski definition) is 7. The van der Waals surface area contributed by atoms with Gasteiger partial charge in [-0.1, -0.05) is 12.1 Å². The molecule has 0 aliphatic carbocycles. The predicted molar refractivity (Wildman–Crippen MR) is 129 cm³/mol. The predicted octanol–water partition coefficient (Wildman–Crippen LogP) is 4.12. The first-order valence-electron chi connectivity index (χ1n) is 11.1. The largest absolute Gasteiger partial charge is 0.507 e. The smallest absolute Gasteiger partial charge is 0.295 e. The van der Waals surface area contributed by atoms with Crippen molar-refractivity contribution in [2.24, 2.45) is 0 Å². The molecule has 4 rings (SSSR count). The number of carbonyl (C=O) groups excluding carboxylic acids is 2. The number of ether oxygens (including phenoxy) is 3. The maximum Gasteiger partial charge on any atom is 0.295 e. The zero-order valence-corrected chi connectivity index (χ0v) is 19.7. The SMILES string of the molecule is CCOc1ccc([C@@H]2C(=C(O)c3ccc(OC)c(OC)c3)C(=O)C(=O)N2Cc2ccncc2)cc1. The summed E-state index contributed by atoms with van der Waals surface area (Å²) in [6, 6.07) is 14.7. The van der Waals surface area contributed by atoms with Crippen LogP contribution in [0.2, 0.25) is 0 Å². The Hall–Kier alpha value is -4.33. The maximum atomic E-state index is 13.2. The molecule has 1 N–H and O–H groups in total. The van der Waals surface area contributed by atoms with E-state index >= 15 is 0 Å². The van der Waals surface area contributed by atoms with Crippen LogP contribution in [0.3, 0.4) is 0 Å². The summed E-state index contributed by atoms with van der Waals surface area (Å²) in [7, 11) is 2.99. The summed E-state index contributed by atoms with van der Waals surface area (Å²) in [6.45, 7) is 2.58. The Labute approximate surface area is 203 Å². The minimum Gasteiger partial charge on any atom is -0.507 e. The van der Waals surface area contributed by atoms with Gasteiger partial charge in [0, 0.05) is 24.5 Å². The summed E-state index contributed by atoms with van der Waals surface area (Å²) in [5.41, 5.74) is 1.81. The third kappa shape index (κ3) is 4.68.